The van der Waals surface area contributed by atoms with Crippen LogP contribution in [0.15, 0.2) is 24.3 Å². The normalized spacial score (nSPS) is 17.3. The van der Waals surface area contributed by atoms with Gasteiger partial charge in [0.25, 0.3) is 5.91 Å². The van der Waals surface area contributed by atoms with Crippen molar-refractivity contribution in [2.24, 2.45) is 5.92 Å². The Balaban J connectivity index is 1.83. The fourth-order valence-electron chi connectivity index (χ4n) is 2.94. The van der Waals surface area contributed by atoms with Gasteiger partial charge in [-0.15, -0.1) is 0 Å². The molecule has 1 unspecified atom stereocenters. The van der Waals surface area contributed by atoms with E-state index >= 15 is 0 Å². The minimum atomic E-state index is -3.23. The van der Waals surface area contributed by atoms with Crippen LogP contribution in [0.25, 0.3) is 0 Å². The van der Waals surface area contributed by atoms with E-state index in [1.165, 1.54) is 16.8 Å². The van der Waals surface area contributed by atoms with Crippen molar-refractivity contribution in [3.05, 3.63) is 29.8 Å². The number of hydrogen-bond acceptors (Lipinski definition) is 5. The van der Waals surface area contributed by atoms with Gasteiger partial charge in [0.05, 0.1) is 11.7 Å². The Hall–Kier alpha value is -1.93. The number of nitrogens with zero attached hydrogens (tertiary/aromatic N) is 1. The van der Waals surface area contributed by atoms with Crippen LogP contribution in [0.3, 0.4) is 0 Å². The number of aryl methyl sites for hydroxylation is 1. The summed E-state index contributed by atoms with van der Waals surface area (Å²) in [6, 6.07) is 7.50. The number of ether oxygens (including phenoxy) is 1. The van der Waals surface area contributed by atoms with Crippen molar-refractivity contribution in [2.75, 3.05) is 24.2 Å². The number of amides is 1. The first kappa shape index (κ1) is 21.4. The smallest absolute Gasteiger partial charge is 0.309 e. The lowest BCUT2D eigenvalue weighted by Crippen LogP contribution is -2.42. The highest BCUT2D eigenvalue weighted by atomic mass is 32.2. The van der Waals surface area contributed by atoms with Gasteiger partial charge >= 0.3 is 5.97 Å². The first-order valence-corrected chi connectivity index (χ1v) is 11.0. The van der Waals surface area contributed by atoms with Gasteiger partial charge in [-0.1, -0.05) is 19.1 Å². The van der Waals surface area contributed by atoms with Crippen LogP contribution in [0.2, 0.25) is 0 Å². The Morgan fingerprint density at radius 3 is 2.30 bits per heavy atom. The quantitative estimate of drug-likeness (QED) is 0.713. The third-order valence-electron chi connectivity index (χ3n) is 4.84. The third-order valence-corrected chi connectivity index (χ3v) is 6.72. The fourth-order valence-corrected chi connectivity index (χ4v) is 4.08. The molecule has 1 N–H and O–H groups in total. The number of esters is 1. The van der Waals surface area contributed by atoms with E-state index in [0.717, 1.165) is 6.42 Å². The van der Waals surface area contributed by atoms with E-state index in [-0.39, 0.29) is 11.7 Å². The number of nitrogens with one attached hydrogen (secondary N) is 1. The molecule has 27 heavy (non-hydrogen) atoms. The zero-order valence-electron chi connectivity index (χ0n) is 16.1. The predicted molar refractivity (Wildman–Crippen MR) is 104 cm³/mol. The molecule has 0 aromatic heterocycles. The van der Waals surface area contributed by atoms with Gasteiger partial charge in [-0.25, -0.2) is 12.7 Å². The number of benzene rings is 1. The first-order valence-electron chi connectivity index (χ1n) is 9.35. The molecule has 1 aliphatic heterocycles. The molecule has 0 bridgehead atoms. The summed E-state index contributed by atoms with van der Waals surface area (Å²) in [6.45, 7) is 5.80. The van der Waals surface area contributed by atoms with E-state index in [2.05, 4.69) is 12.2 Å². The van der Waals surface area contributed by atoms with Gasteiger partial charge in [0.15, 0.2) is 6.10 Å². The number of anilines is 1. The summed E-state index contributed by atoms with van der Waals surface area (Å²) in [7, 11) is -3.23. The molecule has 1 amide bonds. The van der Waals surface area contributed by atoms with E-state index < -0.39 is 28.0 Å². The number of sulfonamides is 1. The van der Waals surface area contributed by atoms with E-state index in [1.54, 1.807) is 6.92 Å². The van der Waals surface area contributed by atoms with Crippen molar-refractivity contribution in [3.8, 4) is 0 Å². The maximum atomic E-state index is 12.3. The molecule has 1 aromatic rings. The molecular formula is C19H28N2O5S. The average Bonchev–Trinajstić information content (AvgIpc) is 2.68. The van der Waals surface area contributed by atoms with Gasteiger partial charge in [0, 0.05) is 18.8 Å². The predicted octanol–water partition coefficient (Wildman–Crippen LogP) is 2.18. The van der Waals surface area contributed by atoms with Crippen LogP contribution >= 0.6 is 0 Å². The maximum Gasteiger partial charge on any atom is 0.309 e. The highest BCUT2D eigenvalue weighted by Crippen LogP contribution is 2.22. The van der Waals surface area contributed by atoms with Gasteiger partial charge < -0.3 is 10.1 Å². The Morgan fingerprint density at radius 1 is 1.19 bits per heavy atom. The van der Waals surface area contributed by atoms with Gasteiger partial charge in [0.1, 0.15) is 0 Å². The maximum absolute atomic E-state index is 12.3. The van der Waals surface area contributed by atoms with Crippen molar-refractivity contribution < 1.29 is 22.7 Å². The first-order chi connectivity index (χ1) is 12.8. The molecule has 7 nitrogen and oxygen atoms in total. The molecule has 150 valence electrons. The van der Waals surface area contributed by atoms with Gasteiger partial charge in [0.2, 0.25) is 10.0 Å². The Morgan fingerprint density at radius 2 is 1.78 bits per heavy atom. The molecule has 1 heterocycles. The standard InChI is InChI=1S/C19H28N2O5S/c1-4-15-6-8-17(9-7-15)20-18(22)14(3)26-19(23)16-10-12-21(13-11-16)27(24,25)5-2/h6-9,14,16H,4-5,10-13H2,1-3H3,(H,20,22). The second-order valence-corrected chi connectivity index (χ2v) is 8.95. The molecule has 1 aromatic carbocycles. The Bertz CT molecular complexity index is 753. The second-order valence-electron chi connectivity index (χ2n) is 6.69. The van der Waals surface area contributed by atoms with Crippen LogP contribution in [0.1, 0.15) is 39.2 Å². The van der Waals surface area contributed by atoms with E-state index in [1.807, 2.05) is 24.3 Å². The number of carbonyl (C=O) groups is 2. The highest BCUT2D eigenvalue weighted by molar-refractivity contribution is 7.89. The summed E-state index contributed by atoms with van der Waals surface area (Å²) in [5.74, 6) is -1.17. The van der Waals surface area contributed by atoms with Gasteiger partial charge in [-0.05, 0) is 50.8 Å². The molecule has 8 heteroatoms. The van der Waals surface area contributed by atoms with Crippen LogP contribution in [0, 0.1) is 5.92 Å². The van der Waals surface area contributed by atoms with Crippen LogP contribution in [0.4, 0.5) is 5.69 Å². The number of carbonyl (C=O) groups excluding carboxylic acids is 2. The lowest BCUT2D eigenvalue weighted by molar-refractivity contribution is -0.158. The molecular weight excluding hydrogens is 368 g/mol. The van der Waals surface area contributed by atoms with Crippen LogP contribution in [-0.2, 0) is 30.8 Å². The third kappa shape index (κ3) is 5.77. The molecule has 1 fully saturated rings. The van der Waals surface area contributed by atoms with Crippen molar-refractivity contribution in [1.29, 1.82) is 0 Å². The van der Waals surface area contributed by atoms with E-state index in [4.69, 9.17) is 4.74 Å². The van der Waals surface area contributed by atoms with Crippen molar-refractivity contribution in [1.82, 2.24) is 4.31 Å². The Labute approximate surface area is 161 Å². The number of rotatable bonds is 7. The van der Waals surface area contributed by atoms with Crippen molar-refractivity contribution in [2.45, 2.75) is 46.1 Å². The zero-order valence-corrected chi connectivity index (χ0v) is 16.9. The summed E-state index contributed by atoms with van der Waals surface area (Å²) < 4.78 is 30.4. The highest BCUT2D eigenvalue weighted by Gasteiger charge is 2.32. The summed E-state index contributed by atoms with van der Waals surface area (Å²) in [4.78, 5) is 24.5. The summed E-state index contributed by atoms with van der Waals surface area (Å²) in [6.07, 6.45) is 0.817. The molecule has 1 saturated heterocycles. The fraction of sp³-hybridized carbons (Fsp3) is 0.579. The molecule has 1 aliphatic rings. The molecule has 1 atom stereocenters. The van der Waals surface area contributed by atoms with Crippen LogP contribution in [0.5, 0.6) is 0 Å². The van der Waals surface area contributed by atoms with Crippen LogP contribution in [-0.4, -0.2) is 49.5 Å². The molecule has 0 spiro atoms. The average molecular weight is 397 g/mol. The van der Waals surface area contributed by atoms with Gasteiger partial charge in [-0.3, -0.25) is 9.59 Å². The summed E-state index contributed by atoms with van der Waals surface area (Å²) in [5, 5.41) is 2.73. The topological polar surface area (TPSA) is 92.8 Å². The SMILES string of the molecule is CCc1ccc(NC(=O)C(C)OC(=O)C2CCN(S(=O)(=O)CC)CC2)cc1. The molecule has 0 saturated carbocycles. The van der Waals surface area contributed by atoms with E-state index in [9.17, 15) is 18.0 Å². The van der Waals surface area contributed by atoms with Crippen molar-refractivity contribution >= 4 is 27.6 Å². The minimum Gasteiger partial charge on any atom is -0.452 e. The van der Waals surface area contributed by atoms with Gasteiger partial charge in [-0.2, -0.15) is 0 Å². The number of piperidine rings is 1. The monoisotopic (exact) mass is 396 g/mol. The largest absolute Gasteiger partial charge is 0.452 e. The molecule has 0 radical (unpaired) electrons. The summed E-state index contributed by atoms with van der Waals surface area (Å²) >= 11 is 0. The second kappa shape index (κ2) is 9.32. The summed E-state index contributed by atoms with van der Waals surface area (Å²) in [5.41, 5.74) is 1.82. The molecule has 2 rings (SSSR count). The zero-order chi connectivity index (χ0) is 20.0. The van der Waals surface area contributed by atoms with Crippen molar-refractivity contribution in [3.63, 3.8) is 0 Å². The lowest BCUT2D eigenvalue weighted by Gasteiger charge is -2.30. The lowest BCUT2D eigenvalue weighted by atomic mass is 9.98. The number of hydrogen-bond donors (Lipinski definition) is 1. The van der Waals surface area contributed by atoms with E-state index in [0.29, 0.717) is 31.6 Å². The minimum absolute atomic E-state index is 0.0541. The molecule has 0 aliphatic carbocycles. The Kier molecular flexibility index (Phi) is 7.38. The van der Waals surface area contributed by atoms with Crippen LogP contribution < -0.4 is 5.32 Å².